The lowest BCUT2D eigenvalue weighted by Crippen LogP contribution is -2.43. The maximum Gasteiger partial charge on any atom is 0.305 e. The van der Waals surface area contributed by atoms with E-state index in [0.717, 1.165) is 83.5 Å². The summed E-state index contributed by atoms with van der Waals surface area (Å²) in [7, 11) is 0. The van der Waals surface area contributed by atoms with Crippen molar-refractivity contribution in [2.24, 2.45) is 16.7 Å². The summed E-state index contributed by atoms with van der Waals surface area (Å²) in [4.78, 5) is 39.3. The summed E-state index contributed by atoms with van der Waals surface area (Å²) in [6, 6.07) is 0. The Kier molecular flexibility index (Phi) is 43.7. The third-order valence-electron chi connectivity index (χ3n) is 15.2. The van der Waals surface area contributed by atoms with Gasteiger partial charge in [0.15, 0.2) is 0 Å². The maximum absolute atomic E-state index is 13.1. The third kappa shape index (κ3) is 37.1. The summed E-state index contributed by atoms with van der Waals surface area (Å²) < 4.78 is 18.0. The average Bonchev–Trinajstić information content (AvgIpc) is 4.03. The molecule has 0 aromatic heterocycles. The van der Waals surface area contributed by atoms with Gasteiger partial charge in [-0.15, -0.1) is 0 Å². The third-order valence-corrected chi connectivity index (χ3v) is 15.2. The standard InChI is InChI=1S/C63H114O6/c1-6-9-12-15-18-21-24-27-30-33-36-39-42-45-48-51-59(64)67-55-62(5,56-68-60(65)52-49-46-43-40-37-34-31-28-25-22-19-16-13-10-7-2)63(54-58(63)4)57-69-61(66)53-50-47-44-41-38-35-32-29-26-23-20-17-14-11-8-3/h27-32,58H,6-26,33-57H2,1-5H3. The zero-order valence-electron chi connectivity index (χ0n) is 46.5. The number of allylic oxidation sites excluding steroid dienone is 6. The molecular formula is C63H114O6. The second-order valence-corrected chi connectivity index (χ2v) is 21.8. The summed E-state index contributed by atoms with van der Waals surface area (Å²) in [5.74, 6) is -0.273. The van der Waals surface area contributed by atoms with Crippen LogP contribution in [0.1, 0.15) is 311 Å². The van der Waals surface area contributed by atoms with Crippen LogP contribution in [0.5, 0.6) is 0 Å². The van der Waals surface area contributed by atoms with Gasteiger partial charge < -0.3 is 14.2 Å². The monoisotopic (exact) mass is 967 g/mol. The Morgan fingerprint density at radius 1 is 0.391 bits per heavy atom. The summed E-state index contributed by atoms with van der Waals surface area (Å²) in [5.41, 5.74) is -1.04. The lowest BCUT2D eigenvalue weighted by molar-refractivity contribution is -0.164. The first-order valence-electron chi connectivity index (χ1n) is 30.2. The highest BCUT2D eigenvalue weighted by atomic mass is 16.6. The van der Waals surface area contributed by atoms with E-state index >= 15 is 0 Å². The van der Waals surface area contributed by atoms with Crippen molar-refractivity contribution >= 4 is 17.9 Å². The maximum atomic E-state index is 13.1. The second kappa shape index (κ2) is 46.7. The molecule has 69 heavy (non-hydrogen) atoms. The van der Waals surface area contributed by atoms with Crippen molar-refractivity contribution in [3.63, 3.8) is 0 Å². The van der Waals surface area contributed by atoms with Crippen LogP contribution in [0.3, 0.4) is 0 Å². The molecular weight excluding hydrogens is 853 g/mol. The van der Waals surface area contributed by atoms with E-state index in [1.165, 1.54) is 173 Å². The number of carbonyl (C=O) groups is 3. The Balaban J connectivity index is 2.51. The number of hydrogen-bond acceptors (Lipinski definition) is 6. The van der Waals surface area contributed by atoms with Crippen molar-refractivity contribution in [3.05, 3.63) is 36.5 Å². The zero-order valence-corrected chi connectivity index (χ0v) is 46.5. The molecule has 0 N–H and O–H groups in total. The Hall–Kier alpha value is -2.37. The highest BCUT2D eigenvalue weighted by Gasteiger charge is 2.64. The van der Waals surface area contributed by atoms with Crippen molar-refractivity contribution in [1.29, 1.82) is 0 Å². The molecule has 1 rings (SSSR count). The zero-order chi connectivity index (χ0) is 50.2. The normalized spacial score (nSPS) is 16.7. The largest absolute Gasteiger partial charge is 0.465 e. The number of hydrogen-bond donors (Lipinski definition) is 0. The number of ether oxygens (including phenoxy) is 3. The molecule has 0 heterocycles. The molecule has 0 bridgehead atoms. The molecule has 402 valence electrons. The van der Waals surface area contributed by atoms with Gasteiger partial charge >= 0.3 is 17.9 Å². The molecule has 0 aromatic carbocycles. The first-order chi connectivity index (χ1) is 33.7. The van der Waals surface area contributed by atoms with Crippen LogP contribution in [0, 0.1) is 16.7 Å². The SMILES string of the molecule is CCCCCCCCC=CCCCCCCCC(=O)OCC(C)(COC(=O)CCCCCCCC=CCCCCCCCC)C1(COC(=O)CCCCCCCC=CCCCCCCCC)CC1C. The van der Waals surface area contributed by atoms with Crippen molar-refractivity contribution in [1.82, 2.24) is 0 Å². The van der Waals surface area contributed by atoms with Crippen LogP contribution in [0.2, 0.25) is 0 Å². The van der Waals surface area contributed by atoms with Crippen molar-refractivity contribution in [2.75, 3.05) is 19.8 Å². The lowest BCUT2D eigenvalue weighted by atomic mass is 9.74. The fourth-order valence-electron chi connectivity index (χ4n) is 9.96. The van der Waals surface area contributed by atoms with Gasteiger partial charge in [-0.05, 0) is 109 Å². The van der Waals surface area contributed by atoms with E-state index in [4.69, 9.17) is 14.2 Å². The van der Waals surface area contributed by atoms with Gasteiger partial charge in [-0.3, -0.25) is 14.4 Å². The van der Waals surface area contributed by atoms with E-state index in [0.29, 0.717) is 19.3 Å². The van der Waals surface area contributed by atoms with Crippen LogP contribution in [0.25, 0.3) is 0 Å². The lowest BCUT2D eigenvalue weighted by Gasteiger charge is -2.37. The van der Waals surface area contributed by atoms with E-state index in [-0.39, 0.29) is 43.6 Å². The van der Waals surface area contributed by atoms with Crippen LogP contribution in [0.4, 0.5) is 0 Å². The molecule has 0 amide bonds. The van der Waals surface area contributed by atoms with Crippen molar-refractivity contribution in [3.8, 4) is 0 Å². The fraction of sp³-hybridized carbons (Fsp3) is 0.857. The number of carbonyl (C=O) groups excluding carboxylic acids is 3. The minimum absolute atomic E-state index is 0.157. The quantitative estimate of drug-likeness (QED) is 0.0262. The molecule has 6 heteroatoms. The Bertz CT molecular complexity index is 1230. The molecule has 0 aromatic rings. The molecule has 1 fully saturated rings. The summed E-state index contributed by atoms with van der Waals surface area (Å²) in [5, 5.41) is 0. The fourth-order valence-corrected chi connectivity index (χ4v) is 9.96. The van der Waals surface area contributed by atoms with Gasteiger partial charge in [-0.25, -0.2) is 0 Å². The highest BCUT2D eigenvalue weighted by molar-refractivity contribution is 5.70. The topological polar surface area (TPSA) is 78.9 Å². The Labute approximate surface area is 428 Å². The molecule has 1 saturated carbocycles. The minimum Gasteiger partial charge on any atom is -0.465 e. The first-order valence-corrected chi connectivity index (χ1v) is 30.2. The molecule has 6 nitrogen and oxygen atoms in total. The van der Waals surface area contributed by atoms with Crippen molar-refractivity contribution in [2.45, 2.75) is 311 Å². The molecule has 0 saturated heterocycles. The smallest absolute Gasteiger partial charge is 0.305 e. The summed E-state index contributed by atoms with van der Waals surface area (Å²) >= 11 is 0. The average molecular weight is 968 g/mol. The van der Waals surface area contributed by atoms with Crippen molar-refractivity contribution < 1.29 is 28.6 Å². The van der Waals surface area contributed by atoms with Gasteiger partial charge in [0.25, 0.3) is 0 Å². The summed E-state index contributed by atoms with van der Waals surface area (Å²) in [6.45, 7) is 11.6. The van der Waals surface area contributed by atoms with Gasteiger partial charge in [0.1, 0.15) is 13.2 Å². The van der Waals surface area contributed by atoms with E-state index < -0.39 is 10.8 Å². The molecule has 1 aliphatic rings. The van der Waals surface area contributed by atoms with E-state index in [2.05, 4.69) is 71.1 Å². The Morgan fingerprint density at radius 3 is 0.884 bits per heavy atom. The molecule has 1 aliphatic carbocycles. The van der Waals surface area contributed by atoms with Gasteiger partial charge in [-0.2, -0.15) is 0 Å². The van der Waals surface area contributed by atoms with Gasteiger partial charge in [0.05, 0.1) is 6.61 Å². The van der Waals surface area contributed by atoms with Crippen LogP contribution in [-0.2, 0) is 28.6 Å². The van der Waals surface area contributed by atoms with Crippen LogP contribution < -0.4 is 0 Å². The molecule has 0 radical (unpaired) electrons. The first kappa shape index (κ1) is 64.6. The van der Waals surface area contributed by atoms with Crippen LogP contribution >= 0.6 is 0 Å². The number of unbranched alkanes of at least 4 members (excludes halogenated alkanes) is 33. The molecule has 2 unspecified atom stereocenters. The highest BCUT2D eigenvalue weighted by Crippen LogP contribution is 2.63. The minimum atomic E-state index is -0.647. The number of esters is 3. The van der Waals surface area contributed by atoms with Gasteiger partial charge in [0.2, 0.25) is 0 Å². The van der Waals surface area contributed by atoms with Gasteiger partial charge in [-0.1, -0.05) is 225 Å². The predicted molar refractivity (Wildman–Crippen MR) is 296 cm³/mol. The van der Waals surface area contributed by atoms with E-state index in [9.17, 15) is 14.4 Å². The Morgan fingerprint density at radius 2 is 0.623 bits per heavy atom. The summed E-state index contributed by atoms with van der Waals surface area (Å²) in [6.07, 6.45) is 63.7. The molecule has 0 spiro atoms. The second-order valence-electron chi connectivity index (χ2n) is 21.8. The molecule has 2 atom stereocenters. The van der Waals surface area contributed by atoms with Crippen LogP contribution in [0.15, 0.2) is 36.5 Å². The number of rotatable bonds is 52. The van der Waals surface area contributed by atoms with E-state index in [1.54, 1.807) is 0 Å². The van der Waals surface area contributed by atoms with Gasteiger partial charge in [0, 0.05) is 30.1 Å². The van der Waals surface area contributed by atoms with Crippen LogP contribution in [-0.4, -0.2) is 37.7 Å². The predicted octanol–water partition coefficient (Wildman–Crippen LogP) is 19.8. The molecule has 0 aliphatic heterocycles. The van der Waals surface area contributed by atoms with E-state index in [1.807, 2.05) is 0 Å².